The van der Waals surface area contributed by atoms with Crippen molar-refractivity contribution >= 4 is 0 Å². The standard InChI is InChI=1S/C9H9F3.3C2H6/c1-2-7-3-5-8(6-4-7)9(10,11)12;3*1-2/h3-6H,2H2,1H3;3*1-2H3. The van der Waals surface area contributed by atoms with E-state index >= 15 is 0 Å². The quantitative estimate of drug-likeness (QED) is 0.554. The first kappa shape index (κ1) is 22.2. The predicted molar refractivity (Wildman–Crippen MR) is 74.9 cm³/mol. The molecule has 108 valence electrons. The smallest absolute Gasteiger partial charge is 0.166 e. The second kappa shape index (κ2) is 14.1. The molecule has 0 unspecified atom stereocenters. The maximum Gasteiger partial charge on any atom is 0.416 e. The number of hydrogen-bond acceptors (Lipinski definition) is 0. The average molecular weight is 264 g/mol. The van der Waals surface area contributed by atoms with Gasteiger partial charge in [0, 0.05) is 0 Å². The first-order valence-electron chi connectivity index (χ1n) is 6.70. The van der Waals surface area contributed by atoms with E-state index in [-0.39, 0.29) is 0 Å². The van der Waals surface area contributed by atoms with Crippen molar-refractivity contribution in [2.75, 3.05) is 0 Å². The lowest BCUT2D eigenvalue weighted by Crippen LogP contribution is -2.04. The second-order valence-electron chi connectivity index (χ2n) is 2.55. The van der Waals surface area contributed by atoms with Crippen LogP contribution in [0.3, 0.4) is 0 Å². The second-order valence-corrected chi connectivity index (χ2v) is 2.55. The highest BCUT2D eigenvalue weighted by atomic mass is 19.4. The Morgan fingerprint density at radius 1 is 0.778 bits per heavy atom. The molecule has 18 heavy (non-hydrogen) atoms. The minimum atomic E-state index is -4.22. The van der Waals surface area contributed by atoms with Gasteiger partial charge in [0.2, 0.25) is 0 Å². The lowest BCUT2D eigenvalue weighted by atomic mass is 10.1. The number of alkyl halides is 3. The SMILES string of the molecule is CC.CC.CC.CCc1ccc(C(F)(F)F)cc1. The van der Waals surface area contributed by atoms with Gasteiger partial charge in [0.05, 0.1) is 5.56 Å². The van der Waals surface area contributed by atoms with Crippen LogP contribution in [0.15, 0.2) is 24.3 Å². The molecule has 0 radical (unpaired) electrons. The Balaban J connectivity index is -0.000000328. The summed E-state index contributed by atoms with van der Waals surface area (Å²) in [6, 6.07) is 5.23. The summed E-state index contributed by atoms with van der Waals surface area (Å²) in [4.78, 5) is 0. The van der Waals surface area contributed by atoms with Crippen LogP contribution in [0, 0.1) is 0 Å². The van der Waals surface area contributed by atoms with E-state index in [9.17, 15) is 13.2 Å². The van der Waals surface area contributed by atoms with Gasteiger partial charge in [0.15, 0.2) is 0 Å². The van der Waals surface area contributed by atoms with E-state index < -0.39 is 11.7 Å². The summed E-state index contributed by atoms with van der Waals surface area (Å²) in [6.45, 7) is 13.9. The van der Waals surface area contributed by atoms with Gasteiger partial charge in [-0.1, -0.05) is 60.6 Å². The van der Waals surface area contributed by atoms with Gasteiger partial charge in [-0.25, -0.2) is 0 Å². The fourth-order valence-corrected chi connectivity index (χ4v) is 0.929. The minimum absolute atomic E-state index is 0.584. The molecule has 0 spiro atoms. The van der Waals surface area contributed by atoms with Gasteiger partial charge in [0.1, 0.15) is 0 Å². The molecule has 0 saturated heterocycles. The first-order valence-corrected chi connectivity index (χ1v) is 6.70. The molecular weight excluding hydrogens is 237 g/mol. The molecule has 0 fully saturated rings. The normalized spacial score (nSPS) is 8.78. The molecule has 0 amide bonds. The fourth-order valence-electron chi connectivity index (χ4n) is 0.929. The third-order valence-electron chi connectivity index (χ3n) is 1.69. The molecule has 1 aromatic rings. The van der Waals surface area contributed by atoms with Crippen molar-refractivity contribution in [2.45, 2.75) is 61.1 Å². The molecule has 0 saturated carbocycles. The van der Waals surface area contributed by atoms with Crippen molar-refractivity contribution < 1.29 is 13.2 Å². The van der Waals surface area contributed by atoms with Gasteiger partial charge >= 0.3 is 6.18 Å². The number of halogens is 3. The molecule has 0 atom stereocenters. The summed E-state index contributed by atoms with van der Waals surface area (Å²) in [5, 5.41) is 0. The molecule has 1 rings (SSSR count). The lowest BCUT2D eigenvalue weighted by Gasteiger charge is -2.06. The molecule has 0 aliphatic rings. The summed E-state index contributed by atoms with van der Waals surface area (Å²) in [5.74, 6) is 0. The first-order chi connectivity index (χ1) is 8.54. The molecule has 0 nitrogen and oxygen atoms in total. The average Bonchev–Trinajstić information content (AvgIpc) is 2.44. The number of rotatable bonds is 1. The highest BCUT2D eigenvalue weighted by Crippen LogP contribution is 2.28. The van der Waals surface area contributed by atoms with Gasteiger partial charge < -0.3 is 0 Å². The number of benzene rings is 1. The Bertz CT molecular complexity index is 247. The van der Waals surface area contributed by atoms with E-state index in [2.05, 4.69) is 0 Å². The van der Waals surface area contributed by atoms with Crippen LogP contribution >= 0.6 is 0 Å². The Morgan fingerprint density at radius 3 is 1.33 bits per heavy atom. The Hall–Kier alpha value is -0.990. The van der Waals surface area contributed by atoms with Crippen molar-refractivity contribution in [2.24, 2.45) is 0 Å². The van der Waals surface area contributed by atoms with E-state index in [4.69, 9.17) is 0 Å². The largest absolute Gasteiger partial charge is 0.416 e. The molecule has 0 aliphatic heterocycles. The lowest BCUT2D eigenvalue weighted by molar-refractivity contribution is -0.137. The van der Waals surface area contributed by atoms with E-state index in [1.807, 2.05) is 48.5 Å². The molecule has 0 aromatic heterocycles. The Labute approximate surface area is 110 Å². The monoisotopic (exact) mass is 264 g/mol. The van der Waals surface area contributed by atoms with Crippen LogP contribution in [0.25, 0.3) is 0 Å². The maximum absolute atomic E-state index is 12.0. The van der Waals surface area contributed by atoms with Crippen molar-refractivity contribution in [3.8, 4) is 0 Å². The highest BCUT2D eigenvalue weighted by Gasteiger charge is 2.29. The maximum atomic E-state index is 12.0. The third-order valence-corrected chi connectivity index (χ3v) is 1.69. The molecular formula is C15H27F3. The van der Waals surface area contributed by atoms with Crippen molar-refractivity contribution in [1.29, 1.82) is 0 Å². The van der Waals surface area contributed by atoms with Crippen molar-refractivity contribution in [3.63, 3.8) is 0 Å². The number of hydrogen-bond donors (Lipinski definition) is 0. The van der Waals surface area contributed by atoms with Crippen LogP contribution in [0.4, 0.5) is 13.2 Å². The van der Waals surface area contributed by atoms with Crippen LogP contribution < -0.4 is 0 Å². The van der Waals surface area contributed by atoms with E-state index in [0.717, 1.165) is 24.1 Å². The van der Waals surface area contributed by atoms with Gasteiger partial charge in [-0.15, -0.1) is 0 Å². The highest BCUT2D eigenvalue weighted by molar-refractivity contribution is 5.24. The topological polar surface area (TPSA) is 0 Å². The van der Waals surface area contributed by atoms with E-state index in [0.29, 0.717) is 0 Å². The molecule has 0 aliphatic carbocycles. The van der Waals surface area contributed by atoms with Crippen LogP contribution in [0.1, 0.15) is 59.6 Å². The van der Waals surface area contributed by atoms with Gasteiger partial charge in [0.25, 0.3) is 0 Å². The Morgan fingerprint density at radius 2 is 1.11 bits per heavy atom. The molecule has 1 aromatic carbocycles. The van der Waals surface area contributed by atoms with Gasteiger partial charge in [-0.05, 0) is 24.1 Å². The molecule has 3 heteroatoms. The zero-order valence-electron chi connectivity index (χ0n) is 12.7. The number of aryl methyl sites for hydroxylation is 1. The summed E-state index contributed by atoms with van der Waals surface area (Å²) in [5.41, 5.74) is 0.336. The summed E-state index contributed by atoms with van der Waals surface area (Å²) >= 11 is 0. The molecule has 0 heterocycles. The zero-order valence-corrected chi connectivity index (χ0v) is 12.7. The third kappa shape index (κ3) is 10.2. The summed E-state index contributed by atoms with van der Waals surface area (Å²) in [7, 11) is 0. The van der Waals surface area contributed by atoms with Crippen LogP contribution in [-0.2, 0) is 12.6 Å². The van der Waals surface area contributed by atoms with Crippen molar-refractivity contribution in [3.05, 3.63) is 35.4 Å². The van der Waals surface area contributed by atoms with E-state index in [1.165, 1.54) is 12.1 Å². The van der Waals surface area contributed by atoms with Gasteiger partial charge in [-0.3, -0.25) is 0 Å². The predicted octanol–water partition coefficient (Wildman–Crippen LogP) is 6.35. The summed E-state index contributed by atoms with van der Waals surface area (Å²) in [6.07, 6.45) is -3.45. The van der Waals surface area contributed by atoms with Gasteiger partial charge in [-0.2, -0.15) is 13.2 Å². The van der Waals surface area contributed by atoms with Crippen LogP contribution in [0.5, 0.6) is 0 Å². The van der Waals surface area contributed by atoms with E-state index in [1.54, 1.807) is 0 Å². The van der Waals surface area contributed by atoms with Crippen LogP contribution in [-0.4, -0.2) is 0 Å². The molecule has 0 bridgehead atoms. The van der Waals surface area contributed by atoms with Crippen molar-refractivity contribution in [1.82, 2.24) is 0 Å². The molecule has 0 N–H and O–H groups in total. The minimum Gasteiger partial charge on any atom is -0.166 e. The Kier molecular flexibility index (Phi) is 17.4. The zero-order chi connectivity index (χ0) is 15.2. The van der Waals surface area contributed by atoms with Crippen LogP contribution in [0.2, 0.25) is 0 Å². The summed E-state index contributed by atoms with van der Waals surface area (Å²) < 4.78 is 36.1. The fraction of sp³-hybridized carbons (Fsp3) is 0.600.